The van der Waals surface area contributed by atoms with E-state index in [9.17, 15) is 0 Å². The Morgan fingerprint density at radius 1 is 1.26 bits per heavy atom. The van der Waals surface area contributed by atoms with E-state index in [4.69, 9.17) is 20.9 Å². The molecular formula is C12H17BrN4O2. The molecule has 0 aromatic heterocycles. The van der Waals surface area contributed by atoms with Gasteiger partial charge in [-0.1, -0.05) is 0 Å². The van der Waals surface area contributed by atoms with Gasteiger partial charge in [0, 0.05) is 0 Å². The van der Waals surface area contributed by atoms with Crippen LogP contribution in [0.1, 0.15) is 19.4 Å². The van der Waals surface area contributed by atoms with Gasteiger partial charge in [0.05, 0.1) is 23.9 Å². The number of nitrogens with two attached hydrogens (primary N) is 2. The van der Waals surface area contributed by atoms with Crippen LogP contribution in [0.3, 0.4) is 0 Å². The number of nitrogens with zero attached hydrogens (tertiary/aromatic N) is 2. The molecule has 0 aliphatic heterocycles. The van der Waals surface area contributed by atoms with Gasteiger partial charge in [-0.05, 0) is 47.5 Å². The molecule has 0 heterocycles. The van der Waals surface area contributed by atoms with Crippen molar-refractivity contribution in [3.05, 3.63) is 22.2 Å². The lowest BCUT2D eigenvalue weighted by atomic mass is 10.2. The van der Waals surface area contributed by atoms with Crippen LogP contribution in [0.15, 0.2) is 26.8 Å². The van der Waals surface area contributed by atoms with Crippen molar-refractivity contribution in [2.24, 2.45) is 21.7 Å². The molecule has 1 aromatic rings. The summed E-state index contributed by atoms with van der Waals surface area (Å²) >= 11 is 3.44. The number of guanidine groups is 1. The van der Waals surface area contributed by atoms with Gasteiger partial charge >= 0.3 is 0 Å². The van der Waals surface area contributed by atoms with Crippen LogP contribution in [0.4, 0.5) is 0 Å². The quantitative estimate of drug-likeness (QED) is 0.473. The Hall–Kier alpha value is -1.76. The van der Waals surface area contributed by atoms with Crippen molar-refractivity contribution in [3.8, 4) is 11.5 Å². The van der Waals surface area contributed by atoms with Crippen molar-refractivity contribution in [3.63, 3.8) is 0 Å². The Balaban J connectivity index is 3.08. The molecule has 0 bridgehead atoms. The third kappa shape index (κ3) is 4.78. The predicted molar refractivity (Wildman–Crippen MR) is 79.9 cm³/mol. The molecule has 0 amide bonds. The standard InChI is InChI=1S/C12H17BrN4O2/c1-3-18-10-6-8(7-16-17-12(14)15)5-9(13)11(10)19-4-2/h5-7H,3-4H2,1-2H3,(H4,14,15,17). The lowest BCUT2D eigenvalue weighted by molar-refractivity contribution is 0.286. The van der Waals surface area contributed by atoms with E-state index in [0.717, 1.165) is 10.0 Å². The fourth-order valence-electron chi connectivity index (χ4n) is 1.37. The lowest BCUT2D eigenvalue weighted by Gasteiger charge is -2.13. The molecular weight excluding hydrogens is 312 g/mol. The van der Waals surface area contributed by atoms with Gasteiger partial charge < -0.3 is 20.9 Å². The molecule has 0 radical (unpaired) electrons. The van der Waals surface area contributed by atoms with Crippen LogP contribution >= 0.6 is 15.9 Å². The Bertz CT molecular complexity index is 485. The van der Waals surface area contributed by atoms with Crippen LogP contribution in [0.2, 0.25) is 0 Å². The van der Waals surface area contributed by atoms with E-state index in [1.807, 2.05) is 26.0 Å². The first kappa shape index (κ1) is 15.3. The minimum atomic E-state index is -0.0914. The van der Waals surface area contributed by atoms with Gasteiger partial charge in [0.15, 0.2) is 11.5 Å². The number of hydrogen-bond acceptors (Lipinski definition) is 4. The van der Waals surface area contributed by atoms with Gasteiger partial charge in [-0.2, -0.15) is 5.10 Å². The molecule has 1 aromatic carbocycles. The molecule has 0 saturated heterocycles. The molecule has 19 heavy (non-hydrogen) atoms. The smallest absolute Gasteiger partial charge is 0.211 e. The summed E-state index contributed by atoms with van der Waals surface area (Å²) in [6.07, 6.45) is 1.53. The van der Waals surface area contributed by atoms with E-state index < -0.39 is 0 Å². The maximum absolute atomic E-state index is 5.54. The van der Waals surface area contributed by atoms with Gasteiger partial charge in [-0.25, -0.2) is 0 Å². The molecule has 0 aliphatic carbocycles. The van der Waals surface area contributed by atoms with Crippen LogP contribution in [0.25, 0.3) is 0 Å². The summed E-state index contributed by atoms with van der Waals surface area (Å²) in [6, 6.07) is 3.66. The Kier molecular flexibility index (Phi) is 6.14. The van der Waals surface area contributed by atoms with Crippen molar-refractivity contribution >= 4 is 28.1 Å². The summed E-state index contributed by atoms with van der Waals surface area (Å²) in [4.78, 5) is 0. The largest absolute Gasteiger partial charge is 0.490 e. The Labute approximate surface area is 120 Å². The van der Waals surface area contributed by atoms with E-state index in [0.29, 0.717) is 24.7 Å². The first-order valence-corrected chi connectivity index (χ1v) is 6.58. The highest BCUT2D eigenvalue weighted by Gasteiger charge is 2.11. The summed E-state index contributed by atoms with van der Waals surface area (Å²) in [5, 5.41) is 7.29. The second-order valence-corrected chi connectivity index (χ2v) is 4.32. The highest BCUT2D eigenvalue weighted by Crippen LogP contribution is 2.36. The van der Waals surface area contributed by atoms with Crippen molar-refractivity contribution in [1.82, 2.24) is 0 Å². The van der Waals surface area contributed by atoms with E-state index in [1.54, 1.807) is 0 Å². The highest BCUT2D eigenvalue weighted by atomic mass is 79.9. The van der Waals surface area contributed by atoms with E-state index >= 15 is 0 Å². The van der Waals surface area contributed by atoms with Crippen LogP contribution in [-0.2, 0) is 0 Å². The maximum atomic E-state index is 5.54. The molecule has 1 rings (SSSR count). The summed E-state index contributed by atoms with van der Waals surface area (Å²) < 4.78 is 11.9. The average Bonchev–Trinajstić information content (AvgIpc) is 2.33. The molecule has 0 saturated carbocycles. The summed E-state index contributed by atoms with van der Waals surface area (Å²) in [5.74, 6) is 1.22. The van der Waals surface area contributed by atoms with Crippen molar-refractivity contribution in [2.75, 3.05) is 13.2 Å². The predicted octanol–water partition coefficient (Wildman–Crippen LogP) is 1.85. The van der Waals surface area contributed by atoms with Crippen molar-refractivity contribution in [1.29, 1.82) is 0 Å². The molecule has 0 fully saturated rings. The van der Waals surface area contributed by atoms with Gasteiger partial charge in [-0.3, -0.25) is 0 Å². The maximum Gasteiger partial charge on any atom is 0.211 e. The van der Waals surface area contributed by atoms with E-state index in [1.165, 1.54) is 6.21 Å². The highest BCUT2D eigenvalue weighted by molar-refractivity contribution is 9.10. The van der Waals surface area contributed by atoms with Gasteiger partial charge in [0.25, 0.3) is 0 Å². The molecule has 0 atom stereocenters. The van der Waals surface area contributed by atoms with Crippen molar-refractivity contribution < 1.29 is 9.47 Å². The molecule has 104 valence electrons. The molecule has 4 N–H and O–H groups in total. The average molecular weight is 329 g/mol. The summed E-state index contributed by atoms with van der Waals surface area (Å²) in [7, 11) is 0. The zero-order chi connectivity index (χ0) is 14.3. The third-order valence-electron chi connectivity index (χ3n) is 2.00. The van der Waals surface area contributed by atoms with Crippen LogP contribution < -0.4 is 20.9 Å². The fraction of sp³-hybridized carbons (Fsp3) is 0.333. The first-order valence-electron chi connectivity index (χ1n) is 5.79. The lowest BCUT2D eigenvalue weighted by Crippen LogP contribution is -2.21. The Morgan fingerprint density at radius 3 is 2.53 bits per heavy atom. The fourth-order valence-corrected chi connectivity index (χ4v) is 1.95. The number of hydrogen-bond donors (Lipinski definition) is 2. The molecule has 0 spiro atoms. The first-order chi connectivity index (χ1) is 9.08. The SMILES string of the molecule is CCOc1cc(C=NN=C(N)N)cc(Br)c1OCC. The second-order valence-electron chi connectivity index (χ2n) is 3.47. The molecule has 6 nitrogen and oxygen atoms in total. The van der Waals surface area contributed by atoms with Crippen LogP contribution in [0.5, 0.6) is 11.5 Å². The third-order valence-corrected chi connectivity index (χ3v) is 2.59. The van der Waals surface area contributed by atoms with Crippen LogP contribution in [-0.4, -0.2) is 25.4 Å². The van der Waals surface area contributed by atoms with Gasteiger partial charge in [0.2, 0.25) is 5.96 Å². The minimum Gasteiger partial charge on any atom is -0.490 e. The summed E-state index contributed by atoms with van der Waals surface area (Å²) in [5.41, 5.74) is 11.2. The molecule has 0 aliphatic rings. The number of halogens is 1. The normalized spacial score (nSPS) is 10.5. The van der Waals surface area contributed by atoms with Crippen molar-refractivity contribution in [2.45, 2.75) is 13.8 Å². The monoisotopic (exact) mass is 328 g/mol. The molecule has 7 heteroatoms. The summed E-state index contributed by atoms with van der Waals surface area (Å²) in [6.45, 7) is 4.92. The molecule has 0 unspecified atom stereocenters. The van der Waals surface area contributed by atoms with Gasteiger partial charge in [-0.15, -0.1) is 5.10 Å². The topological polar surface area (TPSA) is 95.2 Å². The van der Waals surface area contributed by atoms with E-state index in [2.05, 4.69) is 26.1 Å². The number of rotatable bonds is 6. The van der Waals surface area contributed by atoms with Crippen LogP contribution in [0, 0.1) is 0 Å². The minimum absolute atomic E-state index is 0.0914. The second kappa shape index (κ2) is 7.63. The van der Waals surface area contributed by atoms with E-state index in [-0.39, 0.29) is 5.96 Å². The Morgan fingerprint density at radius 2 is 1.95 bits per heavy atom. The number of ether oxygens (including phenoxy) is 2. The zero-order valence-electron chi connectivity index (χ0n) is 10.9. The zero-order valence-corrected chi connectivity index (χ0v) is 12.5. The van der Waals surface area contributed by atoms with Gasteiger partial charge in [0.1, 0.15) is 0 Å². The number of benzene rings is 1.